The highest BCUT2D eigenvalue weighted by Crippen LogP contribution is 2.24. The van der Waals surface area contributed by atoms with Gasteiger partial charge in [-0.1, -0.05) is 34.6 Å². The van der Waals surface area contributed by atoms with Crippen molar-refractivity contribution in [1.82, 2.24) is 5.32 Å². The Bertz CT molecular complexity index is 84.7. The number of nitrogens with one attached hydrogen (secondary N) is 1. The first-order valence-corrected chi connectivity index (χ1v) is 4.21. The summed E-state index contributed by atoms with van der Waals surface area (Å²) in [6, 6.07) is 0. The van der Waals surface area contributed by atoms with Crippen LogP contribution in [0.25, 0.3) is 0 Å². The van der Waals surface area contributed by atoms with Crippen LogP contribution >= 0.6 is 0 Å². The fourth-order valence-electron chi connectivity index (χ4n) is 0.651. The Morgan fingerprint density at radius 1 is 1.30 bits per heavy atom. The predicted octanol–water partition coefficient (Wildman–Crippen LogP) is 2.28. The van der Waals surface area contributed by atoms with E-state index in [2.05, 4.69) is 39.9 Å². The summed E-state index contributed by atoms with van der Waals surface area (Å²) in [6.45, 7) is 13.5. The second-order valence-electron chi connectivity index (χ2n) is 3.92. The van der Waals surface area contributed by atoms with Gasteiger partial charge in [0.25, 0.3) is 0 Å². The van der Waals surface area contributed by atoms with Crippen LogP contribution in [0.1, 0.15) is 34.6 Å². The quantitative estimate of drug-likeness (QED) is 0.636. The summed E-state index contributed by atoms with van der Waals surface area (Å²) >= 11 is 0. The minimum Gasteiger partial charge on any atom is -0.316 e. The molecule has 0 amide bonds. The van der Waals surface area contributed by atoms with E-state index in [1.165, 1.54) is 0 Å². The molecule has 0 saturated carbocycles. The third kappa shape index (κ3) is 3.21. The van der Waals surface area contributed by atoms with Gasteiger partial charge in [0.15, 0.2) is 0 Å². The lowest BCUT2D eigenvalue weighted by Gasteiger charge is -2.29. The molecule has 10 heavy (non-hydrogen) atoms. The van der Waals surface area contributed by atoms with E-state index in [9.17, 15) is 0 Å². The molecule has 0 saturated heterocycles. The first kappa shape index (κ1) is 9.96. The third-order valence-corrected chi connectivity index (χ3v) is 2.39. The SMILES string of the molecule is CCNCC(C)(C)C(C)C. The molecule has 62 valence electrons. The number of rotatable bonds is 4. The van der Waals surface area contributed by atoms with Gasteiger partial charge in [0.1, 0.15) is 0 Å². The van der Waals surface area contributed by atoms with Gasteiger partial charge < -0.3 is 5.32 Å². The van der Waals surface area contributed by atoms with Gasteiger partial charge in [-0.3, -0.25) is 0 Å². The number of hydrogen-bond acceptors (Lipinski definition) is 1. The predicted molar refractivity (Wildman–Crippen MR) is 47.2 cm³/mol. The van der Waals surface area contributed by atoms with Crippen molar-refractivity contribution >= 4 is 0 Å². The maximum atomic E-state index is 3.37. The van der Waals surface area contributed by atoms with Crippen molar-refractivity contribution in [3.63, 3.8) is 0 Å². The summed E-state index contributed by atoms with van der Waals surface area (Å²) in [6.07, 6.45) is 0. The van der Waals surface area contributed by atoms with Crippen molar-refractivity contribution in [2.75, 3.05) is 13.1 Å². The fourth-order valence-corrected chi connectivity index (χ4v) is 0.651. The van der Waals surface area contributed by atoms with Gasteiger partial charge in [-0.2, -0.15) is 0 Å². The third-order valence-electron chi connectivity index (χ3n) is 2.39. The van der Waals surface area contributed by atoms with E-state index in [1.807, 2.05) is 0 Å². The fraction of sp³-hybridized carbons (Fsp3) is 1.00. The minimum absolute atomic E-state index is 0.440. The molecule has 0 aromatic heterocycles. The highest BCUT2D eigenvalue weighted by molar-refractivity contribution is 4.74. The minimum atomic E-state index is 0.440. The monoisotopic (exact) mass is 143 g/mol. The summed E-state index contributed by atoms with van der Waals surface area (Å²) < 4.78 is 0. The van der Waals surface area contributed by atoms with E-state index in [0.717, 1.165) is 19.0 Å². The van der Waals surface area contributed by atoms with Gasteiger partial charge in [-0.05, 0) is 17.9 Å². The Kier molecular flexibility index (Phi) is 3.95. The van der Waals surface area contributed by atoms with Crippen molar-refractivity contribution in [2.45, 2.75) is 34.6 Å². The molecule has 0 heterocycles. The standard InChI is InChI=1S/C9H21N/c1-6-10-7-9(4,5)8(2)3/h8,10H,6-7H2,1-5H3. The van der Waals surface area contributed by atoms with Crippen LogP contribution in [-0.2, 0) is 0 Å². The molecule has 0 aliphatic heterocycles. The largest absolute Gasteiger partial charge is 0.316 e. The van der Waals surface area contributed by atoms with E-state index >= 15 is 0 Å². The van der Waals surface area contributed by atoms with Crippen LogP contribution in [-0.4, -0.2) is 13.1 Å². The zero-order chi connectivity index (χ0) is 8.20. The normalized spacial score (nSPS) is 12.6. The van der Waals surface area contributed by atoms with Crippen LogP contribution in [0.2, 0.25) is 0 Å². The zero-order valence-electron chi connectivity index (χ0n) is 7.99. The van der Waals surface area contributed by atoms with Crippen LogP contribution in [0.3, 0.4) is 0 Å². The van der Waals surface area contributed by atoms with E-state index in [-0.39, 0.29) is 0 Å². The second kappa shape index (κ2) is 3.97. The number of hydrogen-bond donors (Lipinski definition) is 1. The van der Waals surface area contributed by atoms with Gasteiger partial charge in [-0.25, -0.2) is 0 Å². The molecule has 0 radical (unpaired) electrons. The average Bonchev–Trinajstić information content (AvgIpc) is 1.84. The molecule has 0 aliphatic rings. The molecule has 0 unspecified atom stereocenters. The van der Waals surface area contributed by atoms with Gasteiger partial charge in [0, 0.05) is 6.54 Å². The highest BCUT2D eigenvalue weighted by atomic mass is 14.9. The second-order valence-corrected chi connectivity index (χ2v) is 3.92. The van der Waals surface area contributed by atoms with Crippen molar-refractivity contribution < 1.29 is 0 Å². The molecule has 1 nitrogen and oxygen atoms in total. The van der Waals surface area contributed by atoms with Crippen molar-refractivity contribution in [1.29, 1.82) is 0 Å². The summed E-state index contributed by atoms with van der Waals surface area (Å²) in [5.74, 6) is 0.756. The van der Waals surface area contributed by atoms with Gasteiger partial charge in [0.05, 0.1) is 0 Å². The molecule has 1 heteroatoms. The zero-order valence-corrected chi connectivity index (χ0v) is 7.99. The Balaban J connectivity index is 3.63. The summed E-state index contributed by atoms with van der Waals surface area (Å²) in [5.41, 5.74) is 0.440. The van der Waals surface area contributed by atoms with E-state index in [1.54, 1.807) is 0 Å². The molecule has 0 aliphatic carbocycles. The molecule has 0 spiro atoms. The average molecular weight is 143 g/mol. The van der Waals surface area contributed by atoms with E-state index in [4.69, 9.17) is 0 Å². The van der Waals surface area contributed by atoms with Gasteiger partial charge in [-0.15, -0.1) is 0 Å². The molecule has 0 aromatic rings. The van der Waals surface area contributed by atoms with E-state index in [0.29, 0.717) is 5.41 Å². The summed E-state index contributed by atoms with van der Waals surface area (Å²) in [7, 11) is 0. The van der Waals surface area contributed by atoms with Crippen LogP contribution in [0.5, 0.6) is 0 Å². The lowest BCUT2D eigenvalue weighted by atomic mass is 9.81. The van der Waals surface area contributed by atoms with Crippen LogP contribution in [0.15, 0.2) is 0 Å². The topological polar surface area (TPSA) is 12.0 Å². The van der Waals surface area contributed by atoms with Gasteiger partial charge >= 0.3 is 0 Å². The Hall–Kier alpha value is -0.0400. The molecule has 0 fully saturated rings. The molecular formula is C9H21N. The van der Waals surface area contributed by atoms with Crippen LogP contribution < -0.4 is 5.32 Å². The van der Waals surface area contributed by atoms with Crippen molar-refractivity contribution in [3.05, 3.63) is 0 Å². The van der Waals surface area contributed by atoms with Crippen LogP contribution in [0.4, 0.5) is 0 Å². The Labute approximate surface area is 65.2 Å². The highest BCUT2D eigenvalue weighted by Gasteiger charge is 2.20. The van der Waals surface area contributed by atoms with E-state index < -0.39 is 0 Å². The lowest BCUT2D eigenvalue weighted by Crippen LogP contribution is -2.33. The molecular weight excluding hydrogens is 122 g/mol. The maximum Gasteiger partial charge on any atom is 0.000485 e. The van der Waals surface area contributed by atoms with Gasteiger partial charge in [0.2, 0.25) is 0 Å². The Morgan fingerprint density at radius 3 is 2.10 bits per heavy atom. The smallest absolute Gasteiger partial charge is 0.000485 e. The lowest BCUT2D eigenvalue weighted by molar-refractivity contribution is 0.240. The molecule has 1 N–H and O–H groups in total. The Morgan fingerprint density at radius 2 is 1.80 bits per heavy atom. The molecule has 0 atom stereocenters. The first-order chi connectivity index (χ1) is 4.50. The maximum absolute atomic E-state index is 3.37. The molecule has 0 bridgehead atoms. The van der Waals surface area contributed by atoms with Crippen molar-refractivity contribution in [2.24, 2.45) is 11.3 Å². The van der Waals surface area contributed by atoms with Crippen LogP contribution in [0, 0.1) is 11.3 Å². The van der Waals surface area contributed by atoms with Crippen molar-refractivity contribution in [3.8, 4) is 0 Å². The first-order valence-electron chi connectivity index (χ1n) is 4.21. The molecule has 0 aromatic carbocycles. The summed E-state index contributed by atoms with van der Waals surface area (Å²) in [5, 5.41) is 3.37. The molecule has 0 rings (SSSR count). The summed E-state index contributed by atoms with van der Waals surface area (Å²) in [4.78, 5) is 0.